The van der Waals surface area contributed by atoms with Gasteiger partial charge in [0.2, 0.25) is 0 Å². The minimum absolute atomic E-state index is 0.0839. The molecular weight excluding hydrogens is 354 g/mol. The topological polar surface area (TPSA) is 71.5 Å². The zero-order valence-electron chi connectivity index (χ0n) is 14.5. The molecule has 7 heteroatoms. The zero-order chi connectivity index (χ0) is 18.5. The van der Waals surface area contributed by atoms with Crippen LogP contribution in [-0.4, -0.2) is 41.9 Å². The number of anilines is 1. The Balaban J connectivity index is 1.73. The number of nitrogens with one attached hydrogen (secondary N) is 1. The molecule has 1 aliphatic heterocycles. The number of piperidine rings is 1. The van der Waals surface area contributed by atoms with Gasteiger partial charge >= 0.3 is 0 Å². The first kappa shape index (κ1) is 18.2. The van der Waals surface area contributed by atoms with E-state index in [1.54, 1.807) is 24.3 Å². The highest BCUT2D eigenvalue weighted by atomic mass is 35.5. The van der Waals surface area contributed by atoms with Crippen LogP contribution >= 0.6 is 11.6 Å². The molecule has 0 unspecified atom stereocenters. The van der Waals surface area contributed by atoms with Crippen LogP contribution in [0, 0.1) is 0 Å². The number of methoxy groups -OCH3 is 1. The van der Waals surface area contributed by atoms with Crippen LogP contribution in [0.2, 0.25) is 5.02 Å². The average molecular weight is 374 g/mol. The molecule has 6 nitrogen and oxygen atoms in total. The molecule has 2 amide bonds. The highest BCUT2D eigenvalue weighted by Gasteiger charge is 2.19. The first-order valence-corrected chi connectivity index (χ1v) is 8.85. The second-order valence-corrected chi connectivity index (χ2v) is 6.53. The Labute approximate surface area is 157 Å². The summed E-state index contributed by atoms with van der Waals surface area (Å²) in [5.41, 5.74) is 1.28. The van der Waals surface area contributed by atoms with Crippen LogP contribution in [0.25, 0.3) is 0 Å². The Bertz CT molecular complexity index is 819. The number of ether oxygens (including phenoxy) is 1. The standard InChI is InChI=1S/C19H20ClN3O3/c1-26-17-6-5-15(10-16(17)20)22-18(24)13-9-14(12-21-11-13)19(25)23-7-3-2-4-8-23/h5-6,9-12H,2-4,7-8H2,1H3,(H,22,24). The first-order valence-electron chi connectivity index (χ1n) is 8.47. The van der Waals surface area contributed by atoms with Gasteiger partial charge in [-0.2, -0.15) is 0 Å². The third-order valence-electron chi connectivity index (χ3n) is 4.30. The summed E-state index contributed by atoms with van der Waals surface area (Å²) >= 11 is 6.07. The van der Waals surface area contributed by atoms with Crippen molar-refractivity contribution in [2.24, 2.45) is 0 Å². The van der Waals surface area contributed by atoms with Crippen molar-refractivity contribution in [3.8, 4) is 5.75 Å². The number of amides is 2. The number of carbonyl (C=O) groups excluding carboxylic acids is 2. The Morgan fingerprint density at radius 1 is 1.12 bits per heavy atom. The molecule has 1 N–H and O–H groups in total. The smallest absolute Gasteiger partial charge is 0.257 e. The lowest BCUT2D eigenvalue weighted by molar-refractivity contribution is 0.0724. The summed E-state index contributed by atoms with van der Waals surface area (Å²) in [6.45, 7) is 1.50. The highest BCUT2D eigenvalue weighted by molar-refractivity contribution is 6.32. The van der Waals surface area contributed by atoms with Crippen molar-refractivity contribution in [3.05, 3.63) is 52.8 Å². The number of rotatable bonds is 4. The van der Waals surface area contributed by atoms with E-state index in [1.807, 2.05) is 4.90 Å². The fourth-order valence-corrected chi connectivity index (χ4v) is 3.17. The van der Waals surface area contributed by atoms with E-state index in [0.717, 1.165) is 32.4 Å². The fourth-order valence-electron chi connectivity index (χ4n) is 2.91. The summed E-state index contributed by atoms with van der Waals surface area (Å²) < 4.78 is 5.09. The summed E-state index contributed by atoms with van der Waals surface area (Å²) in [7, 11) is 1.52. The van der Waals surface area contributed by atoms with Crippen molar-refractivity contribution in [2.45, 2.75) is 19.3 Å². The van der Waals surface area contributed by atoms with Gasteiger partial charge in [0.25, 0.3) is 11.8 Å². The molecule has 136 valence electrons. The maximum absolute atomic E-state index is 12.6. The molecular formula is C19H20ClN3O3. The number of pyridine rings is 1. The second kappa shape index (κ2) is 8.19. The van der Waals surface area contributed by atoms with Gasteiger partial charge in [0.15, 0.2) is 0 Å². The maximum atomic E-state index is 12.6. The number of hydrogen-bond donors (Lipinski definition) is 1. The molecule has 1 aromatic heterocycles. The normalized spacial score (nSPS) is 14.0. The van der Waals surface area contributed by atoms with E-state index in [0.29, 0.717) is 27.6 Å². The molecule has 26 heavy (non-hydrogen) atoms. The Morgan fingerprint density at radius 3 is 2.54 bits per heavy atom. The van der Waals surface area contributed by atoms with E-state index in [1.165, 1.54) is 19.5 Å². The van der Waals surface area contributed by atoms with Crippen molar-refractivity contribution in [1.29, 1.82) is 0 Å². The van der Waals surface area contributed by atoms with Crippen molar-refractivity contribution in [2.75, 3.05) is 25.5 Å². The molecule has 1 aliphatic rings. The van der Waals surface area contributed by atoms with E-state index in [-0.39, 0.29) is 11.8 Å². The fraction of sp³-hybridized carbons (Fsp3) is 0.316. The van der Waals surface area contributed by atoms with Crippen LogP contribution in [0.5, 0.6) is 5.75 Å². The van der Waals surface area contributed by atoms with Crippen LogP contribution < -0.4 is 10.1 Å². The molecule has 1 aromatic carbocycles. The quantitative estimate of drug-likeness (QED) is 0.888. The van der Waals surface area contributed by atoms with Gasteiger partial charge in [0.05, 0.1) is 23.3 Å². The van der Waals surface area contributed by atoms with Crippen molar-refractivity contribution in [3.63, 3.8) is 0 Å². The lowest BCUT2D eigenvalue weighted by Gasteiger charge is -2.26. The summed E-state index contributed by atoms with van der Waals surface area (Å²) in [4.78, 5) is 30.9. The number of hydrogen-bond acceptors (Lipinski definition) is 4. The molecule has 1 saturated heterocycles. The Kier molecular flexibility index (Phi) is 5.73. The molecule has 0 spiro atoms. The van der Waals surface area contributed by atoms with Gasteiger partial charge in [-0.3, -0.25) is 14.6 Å². The van der Waals surface area contributed by atoms with Crippen molar-refractivity contribution >= 4 is 29.1 Å². The van der Waals surface area contributed by atoms with Gasteiger partial charge in [0.1, 0.15) is 5.75 Å². The van der Waals surface area contributed by atoms with E-state index in [9.17, 15) is 9.59 Å². The van der Waals surface area contributed by atoms with Gasteiger partial charge in [-0.25, -0.2) is 0 Å². The first-order chi connectivity index (χ1) is 12.6. The van der Waals surface area contributed by atoms with Crippen LogP contribution in [0.4, 0.5) is 5.69 Å². The SMILES string of the molecule is COc1ccc(NC(=O)c2cncc(C(=O)N3CCCCC3)c2)cc1Cl. The molecule has 2 heterocycles. The third kappa shape index (κ3) is 4.14. The minimum atomic E-state index is -0.355. The largest absolute Gasteiger partial charge is 0.495 e. The Hall–Kier alpha value is -2.60. The number of aromatic nitrogens is 1. The number of likely N-dealkylation sites (tertiary alicyclic amines) is 1. The number of benzene rings is 1. The molecule has 0 saturated carbocycles. The van der Waals surface area contributed by atoms with E-state index >= 15 is 0 Å². The van der Waals surface area contributed by atoms with Crippen molar-refractivity contribution < 1.29 is 14.3 Å². The summed E-state index contributed by atoms with van der Waals surface area (Å²) in [5, 5.41) is 3.15. The van der Waals surface area contributed by atoms with E-state index in [4.69, 9.17) is 16.3 Å². The van der Waals surface area contributed by atoms with Crippen LogP contribution in [0.15, 0.2) is 36.7 Å². The molecule has 0 aliphatic carbocycles. The summed E-state index contributed by atoms with van der Waals surface area (Å²) in [5.74, 6) is 0.0897. The molecule has 0 radical (unpaired) electrons. The van der Waals surface area contributed by atoms with Crippen LogP contribution in [0.1, 0.15) is 40.0 Å². The monoisotopic (exact) mass is 373 g/mol. The lowest BCUT2D eigenvalue weighted by atomic mass is 10.1. The Morgan fingerprint density at radius 2 is 1.85 bits per heavy atom. The predicted molar refractivity (Wildman–Crippen MR) is 99.9 cm³/mol. The zero-order valence-corrected chi connectivity index (χ0v) is 15.3. The van der Waals surface area contributed by atoms with E-state index in [2.05, 4.69) is 10.3 Å². The molecule has 3 rings (SSSR count). The number of carbonyl (C=O) groups is 2. The predicted octanol–water partition coefficient (Wildman–Crippen LogP) is 3.62. The van der Waals surface area contributed by atoms with Crippen molar-refractivity contribution in [1.82, 2.24) is 9.88 Å². The average Bonchev–Trinajstić information content (AvgIpc) is 2.68. The highest BCUT2D eigenvalue weighted by Crippen LogP contribution is 2.27. The second-order valence-electron chi connectivity index (χ2n) is 6.12. The molecule has 2 aromatic rings. The van der Waals surface area contributed by atoms with Gasteiger partial charge in [-0.05, 0) is 43.5 Å². The summed E-state index contributed by atoms with van der Waals surface area (Å²) in [6.07, 6.45) is 6.11. The number of halogens is 1. The summed E-state index contributed by atoms with van der Waals surface area (Å²) in [6, 6.07) is 6.55. The number of nitrogens with zero attached hydrogens (tertiary/aromatic N) is 2. The molecule has 0 bridgehead atoms. The van der Waals surface area contributed by atoms with E-state index < -0.39 is 0 Å². The lowest BCUT2D eigenvalue weighted by Crippen LogP contribution is -2.35. The van der Waals surface area contributed by atoms with Gasteiger partial charge < -0.3 is 15.0 Å². The third-order valence-corrected chi connectivity index (χ3v) is 4.60. The maximum Gasteiger partial charge on any atom is 0.257 e. The van der Waals surface area contributed by atoms with Gasteiger partial charge in [-0.15, -0.1) is 0 Å². The van der Waals surface area contributed by atoms with Crippen LogP contribution in [-0.2, 0) is 0 Å². The molecule has 0 atom stereocenters. The molecule has 1 fully saturated rings. The van der Waals surface area contributed by atoms with Gasteiger partial charge in [0, 0.05) is 31.2 Å². The van der Waals surface area contributed by atoms with Gasteiger partial charge in [-0.1, -0.05) is 11.6 Å². The van der Waals surface area contributed by atoms with Crippen LogP contribution in [0.3, 0.4) is 0 Å². The minimum Gasteiger partial charge on any atom is -0.495 e.